The zero-order chi connectivity index (χ0) is 14.9. The molecule has 0 aromatic rings. The largest absolute Gasteiger partial charge is 0.352 e. The van der Waals surface area contributed by atoms with E-state index in [1.807, 2.05) is 6.92 Å². The molecule has 2 atom stereocenters. The molecule has 0 fully saturated rings. The van der Waals surface area contributed by atoms with E-state index in [1.54, 1.807) is 0 Å². The predicted molar refractivity (Wildman–Crippen MR) is 78.3 cm³/mol. The fourth-order valence-electron chi connectivity index (χ4n) is 2.22. The van der Waals surface area contributed by atoms with Crippen LogP contribution in [0.2, 0.25) is 0 Å². The molecule has 1 amide bonds. The van der Waals surface area contributed by atoms with E-state index < -0.39 is 0 Å². The van der Waals surface area contributed by atoms with Gasteiger partial charge < -0.3 is 11.1 Å². The Balaban J connectivity index is 4.22. The van der Waals surface area contributed by atoms with Crippen molar-refractivity contribution in [3.05, 3.63) is 0 Å². The summed E-state index contributed by atoms with van der Waals surface area (Å²) in [7, 11) is 0. The van der Waals surface area contributed by atoms with Crippen LogP contribution in [0.1, 0.15) is 59.8 Å². The van der Waals surface area contributed by atoms with Crippen molar-refractivity contribution >= 4 is 5.91 Å². The second kappa shape index (κ2) is 8.92. The van der Waals surface area contributed by atoms with Crippen LogP contribution in [0.15, 0.2) is 0 Å². The van der Waals surface area contributed by atoms with E-state index in [4.69, 9.17) is 11.0 Å². The zero-order valence-electron chi connectivity index (χ0n) is 12.8. The van der Waals surface area contributed by atoms with E-state index >= 15 is 0 Å². The molecule has 0 aliphatic heterocycles. The summed E-state index contributed by atoms with van der Waals surface area (Å²) in [6, 6.07) is 2.09. The predicted octanol–water partition coefficient (Wildman–Crippen LogP) is 2.59. The van der Waals surface area contributed by atoms with Crippen molar-refractivity contribution in [3.8, 4) is 6.07 Å². The molecule has 0 heterocycles. The Hall–Kier alpha value is -1.08. The highest BCUT2D eigenvalue weighted by atomic mass is 16.1. The molecule has 110 valence electrons. The second-order valence-corrected chi connectivity index (χ2v) is 6.21. The van der Waals surface area contributed by atoms with E-state index in [1.165, 1.54) is 0 Å². The summed E-state index contributed by atoms with van der Waals surface area (Å²) in [6.45, 7) is 9.21. The Morgan fingerprint density at radius 2 is 2.00 bits per heavy atom. The Bertz CT molecular complexity index is 301. The topological polar surface area (TPSA) is 78.9 Å². The van der Waals surface area contributed by atoms with E-state index in [0.717, 1.165) is 19.3 Å². The Morgan fingerprint density at radius 1 is 1.37 bits per heavy atom. The number of nitrogens with one attached hydrogen (secondary N) is 1. The number of hydrogen-bond acceptors (Lipinski definition) is 3. The van der Waals surface area contributed by atoms with Crippen LogP contribution in [-0.2, 0) is 4.79 Å². The quantitative estimate of drug-likeness (QED) is 0.709. The summed E-state index contributed by atoms with van der Waals surface area (Å²) in [6.07, 6.45) is 3.50. The Kier molecular flexibility index (Phi) is 8.42. The lowest BCUT2D eigenvalue weighted by Gasteiger charge is -2.30. The number of nitriles is 1. The van der Waals surface area contributed by atoms with Gasteiger partial charge in [0, 0.05) is 12.5 Å². The summed E-state index contributed by atoms with van der Waals surface area (Å²) in [5.41, 5.74) is 5.81. The number of rotatable bonds is 8. The normalized spacial score (nSPS) is 14.5. The molecule has 0 rings (SSSR count). The first-order valence-corrected chi connectivity index (χ1v) is 7.21. The molecule has 4 heteroatoms. The van der Waals surface area contributed by atoms with E-state index in [0.29, 0.717) is 25.3 Å². The van der Waals surface area contributed by atoms with Crippen LogP contribution >= 0.6 is 0 Å². The number of amides is 1. The number of hydrogen-bond donors (Lipinski definition) is 2. The average Bonchev–Trinajstić information content (AvgIpc) is 2.32. The Labute approximate surface area is 117 Å². The van der Waals surface area contributed by atoms with Crippen LogP contribution in [-0.4, -0.2) is 18.5 Å². The van der Waals surface area contributed by atoms with Gasteiger partial charge in [0.05, 0.1) is 12.5 Å². The van der Waals surface area contributed by atoms with Crippen molar-refractivity contribution in [1.29, 1.82) is 5.26 Å². The van der Waals surface area contributed by atoms with Crippen LogP contribution < -0.4 is 11.1 Å². The van der Waals surface area contributed by atoms with Crippen LogP contribution in [0.4, 0.5) is 0 Å². The molecule has 0 saturated carbocycles. The molecule has 0 radical (unpaired) electrons. The maximum absolute atomic E-state index is 11.9. The van der Waals surface area contributed by atoms with Gasteiger partial charge in [-0.1, -0.05) is 27.7 Å². The second-order valence-electron chi connectivity index (χ2n) is 6.21. The van der Waals surface area contributed by atoms with Gasteiger partial charge in [0.25, 0.3) is 0 Å². The fourth-order valence-corrected chi connectivity index (χ4v) is 2.22. The molecule has 0 bridgehead atoms. The molecule has 0 aliphatic rings. The highest BCUT2D eigenvalue weighted by molar-refractivity contribution is 5.76. The lowest BCUT2D eigenvalue weighted by molar-refractivity contribution is -0.122. The van der Waals surface area contributed by atoms with Crippen LogP contribution in [0.3, 0.4) is 0 Å². The van der Waals surface area contributed by atoms with E-state index in [2.05, 4.69) is 32.2 Å². The SMILES string of the molecule is CCC(CC#N)NC(=O)CCC(CCN)C(C)(C)C. The Morgan fingerprint density at radius 3 is 2.42 bits per heavy atom. The van der Waals surface area contributed by atoms with Crippen molar-refractivity contribution < 1.29 is 4.79 Å². The fraction of sp³-hybridized carbons (Fsp3) is 0.867. The van der Waals surface area contributed by atoms with Gasteiger partial charge in [-0.3, -0.25) is 4.79 Å². The highest BCUT2D eigenvalue weighted by Gasteiger charge is 2.24. The van der Waals surface area contributed by atoms with Crippen molar-refractivity contribution in [2.45, 2.75) is 65.8 Å². The van der Waals surface area contributed by atoms with Crippen molar-refractivity contribution in [2.75, 3.05) is 6.54 Å². The third kappa shape index (κ3) is 7.84. The molecule has 2 unspecified atom stereocenters. The minimum atomic E-state index is -0.0138. The average molecular weight is 267 g/mol. The maximum Gasteiger partial charge on any atom is 0.220 e. The standard InChI is InChI=1S/C15H29N3O/c1-5-13(9-11-17)18-14(19)7-6-12(8-10-16)15(2,3)4/h12-13H,5-10,16H2,1-4H3,(H,18,19). The molecule has 3 N–H and O–H groups in total. The van der Waals surface area contributed by atoms with Crippen molar-refractivity contribution in [1.82, 2.24) is 5.32 Å². The lowest BCUT2D eigenvalue weighted by Crippen LogP contribution is -2.35. The lowest BCUT2D eigenvalue weighted by atomic mass is 9.76. The maximum atomic E-state index is 11.9. The molecular weight excluding hydrogens is 238 g/mol. The highest BCUT2D eigenvalue weighted by Crippen LogP contribution is 2.32. The number of nitrogens with zero attached hydrogens (tertiary/aromatic N) is 1. The zero-order valence-corrected chi connectivity index (χ0v) is 12.8. The minimum absolute atomic E-state index is 0.0138. The monoisotopic (exact) mass is 267 g/mol. The summed E-state index contributed by atoms with van der Waals surface area (Å²) in [5, 5.41) is 11.6. The first-order valence-electron chi connectivity index (χ1n) is 7.21. The van der Waals surface area contributed by atoms with E-state index in [9.17, 15) is 4.79 Å². The van der Waals surface area contributed by atoms with Gasteiger partial charge >= 0.3 is 0 Å². The van der Waals surface area contributed by atoms with Crippen molar-refractivity contribution in [2.24, 2.45) is 17.1 Å². The third-order valence-corrected chi connectivity index (χ3v) is 3.66. The molecule has 0 aromatic carbocycles. The summed E-state index contributed by atoms with van der Waals surface area (Å²) < 4.78 is 0. The number of carbonyl (C=O) groups is 1. The van der Waals surface area contributed by atoms with Gasteiger partial charge in [-0.05, 0) is 37.1 Å². The van der Waals surface area contributed by atoms with Gasteiger partial charge in [0.2, 0.25) is 5.91 Å². The molecule has 0 saturated heterocycles. The van der Waals surface area contributed by atoms with Crippen LogP contribution in [0, 0.1) is 22.7 Å². The van der Waals surface area contributed by atoms with Crippen molar-refractivity contribution in [3.63, 3.8) is 0 Å². The minimum Gasteiger partial charge on any atom is -0.352 e. The first-order chi connectivity index (χ1) is 8.85. The van der Waals surface area contributed by atoms with Gasteiger partial charge in [-0.25, -0.2) is 0 Å². The van der Waals surface area contributed by atoms with Gasteiger partial charge in [-0.15, -0.1) is 0 Å². The first kappa shape index (κ1) is 17.9. The summed E-state index contributed by atoms with van der Waals surface area (Å²) in [4.78, 5) is 11.9. The summed E-state index contributed by atoms with van der Waals surface area (Å²) >= 11 is 0. The third-order valence-electron chi connectivity index (χ3n) is 3.66. The smallest absolute Gasteiger partial charge is 0.220 e. The number of nitrogens with two attached hydrogens (primary N) is 1. The molecule has 0 aliphatic carbocycles. The van der Waals surface area contributed by atoms with Crippen LogP contribution in [0.25, 0.3) is 0 Å². The molecule has 19 heavy (non-hydrogen) atoms. The van der Waals surface area contributed by atoms with Gasteiger partial charge in [-0.2, -0.15) is 5.26 Å². The van der Waals surface area contributed by atoms with Crippen LogP contribution in [0.5, 0.6) is 0 Å². The molecule has 0 aromatic heterocycles. The van der Waals surface area contributed by atoms with E-state index in [-0.39, 0.29) is 17.4 Å². The van der Waals surface area contributed by atoms with Gasteiger partial charge in [0.1, 0.15) is 0 Å². The molecular formula is C15H29N3O. The number of carbonyl (C=O) groups excluding carboxylic acids is 1. The van der Waals surface area contributed by atoms with Gasteiger partial charge in [0.15, 0.2) is 0 Å². The molecule has 0 spiro atoms. The molecule has 4 nitrogen and oxygen atoms in total. The summed E-state index contributed by atoms with van der Waals surface area (Å²) in [5.74, 6) is 0.507.